The fraction of sp³-hybridized carbons (Fsp3) is 0.182. The molecule has 1 aliphatic heterocycles. The number of ketones is 1. The van der Waals surface area contributed by atoms with Crippen molar-refractivity contribution in [2.45, 2.75) is 6.04 Å². The summed E-state index contributed by atoms with van der Waals surface area (Å²) in [4.78, 5) is 55.2. The molecule has 158 valence electrons. The number of nitrogens with one attached hydrogen (secondary N) is 1. The fourth-order valence-corrected chi connectivity index (χ4v) is 3.75. The zero-order valence-electron chi connectivity index (χ0n) is 16.2. The average Bonchev–Trinajstić information content (AvgIpc) is 3.23. The molecule has 9 heteroatoms. The Morgan fingerprint density at radius 1 is 1.00 bits per heavy atom. The average molecular weight is 423 g/mol. The molecule has 2 amide bonds. The summed E-state index contributed by atoms with van der Waals surface area (Å²) in [6.07, 6.45) is 1.24. The van der Waals surface area contributed by atoms with Crippen LogP contribution in [0.5, 0.6) is 0 Å². The number of nitrogens with zero attached hydrogens (tertiary/aromatic N) is 2. The van der Waals surface area contributed by atoms with Crippen LogP contribution in [0.2, 0.25) is 0 Å². The first kappa shape index (κ1) is 20.3. The van der Waals surface area contributed by atoms with Crippen molar-refractivity contribution in [2.24, 2.45) is 0 Å². The van der Waals surface area contributed by atoms with Crippen molar-refractivity contribution in [3.63, 3.8) is 0 Å². The molecule has 0 aliphatic carbocycles. The highest BCUT2D eigenvalue weighted by atomic mass is 19.1. The van der Waals surface area contributed by atoms with E-state index < -0.39 is 29.5 Å². The number of fused-ring (bicyclic) bond motifs is 1. The van der Waals surface area contributed by atoms with Crippen molar-refractivity contribution in [1.29, 1.82) is 0 Å². The van der Waals surface area contributed by atoms with E-state index in [2.05, 4.69) is 4.98 Å². The Morgan fingerprint density at radius 2 is 1.74 bits per heavy atom. The number of piperazine rings is 1. The lowest BCUT2D eigenvalue weighted by atomic mass is 10.0. The summed E-state index contributed by atoms with van der Waals surface area (Å²) in [6.45, 7) is -0.325. The van der Waals surface area contributed by atoms with Gasteiger partial charge in [-0.1, -0.05) is 24.3 Å². The number of amides is 2. The second-order valence-corrected chi connectivity index (χ2v) is 7.16. The highest BCUT2D eigenvalue weighted by molar-refractivity contribution is 6.45. The van der Waals surface area contributed by atoms with Crippen LogP contribution in [0, 0.1) is 5.82 Å². The minimum Gasteiger partial charge on any atom is -0.480 e. The number of benzene rings is 2. The predicted octanol–water partition coefficient (Wildman–Crippen LogP) is 1.93. The minimum atomic E-state index is -1.40. The SMILES string of the molecule is O=C(C(=O)N1CCN(C(=O)c2ccccc2)CC1C(=O)O)c1c[nH]c2cccc(F)c12. The summed E-state index contributed by atoms with van der Waals surface area (Å²) in [7, 11) is 0. The Balaban J connectivity index is 1.57. The monoisotopic (exact) mass is 423 g/mol. The summed E-state index contributed by atoms with van der Waals surface area (Å²) >= 11 is 0. The molecule has 1 aromatic heterocycles. The predicted molar refractivity (Wildman–Crippen MR) is 108 cm³/mol. The number of rotatable bonds is 4. The highest BCUT2D eigenvalue weighted by Gasteiger charge is 2.40. The summed E-state index contributed by atoms with van der Waals surface area (Å²) in [5.41, 5.74) is 0.589. The van der Waals surface area contributed by atoms with Gasteiger partial charge < -0.3 is 19.9 Å². The van der Waals surface area contributed by atoms with Crippen molar-refractivity contribution >= 4 is 34.5 Å². The molecule has 1 unspecified atom stereocenters. The van der Waals surface area contributed by atoms with Gasteiger partial charge in [0.1, 0.15) is 11.9 Å². The number of Topliss-reactive ketones (excluding diaryl/α,β-unsaturated/α-hetero) is 1. The highest BCUT2D eigenvalue weighted by Crippen LogP contribution is 2.23. The maximum Gasteiger partial charge on any atom is 0.328 e. The molecule has 0 bridgehead atoms. The van der Waals surface area contributed by atoms with Gasteiger partial charge in [0.05, 0.1) is 12.1 Å². The molecule has 3 aromatic rings. The van der Waals surface area contributed by atoms with E-state index >= 15 is 0 Å². The first-order valence-electron chi connectivity index (χ1n) is 9.56. The zero-order chi connectivity index (χ0) is 22.1. The Labute approximate surface area is 175 Å². The van der Waals surface area contributed by atoms with E-state index in [9.17, 15) is 28.7 Å². The summed E-state index contributed by atoms with van der Waals surface area (Å²) < 4.78 is 14.2. The molecular weight excluding hydrogens is 405 g/mol. The van der Waals surface area contributed by atoms with E-state index in [-0.39, 0.29) is 36.5 Å². The zero-order valence-corrected chi connectivity index (χ0v) is 16.2. The van der Waals surface area contributed by atoms with Crippen LogP contribution in [0.3, 0.4) is 0 Å². The number of carbonyl (C=O) groups excluding carboxylic acids is 3. The van der Waals surface area contributed by atoms with Gasteiger partial charge in [0.25, 0.3) is 17.6 Å². The number of halogens is 1. The van der Waals surface area contributed by atoms with Gasteiger partial charge in [0.2, 0.25) is 0 Å². The van der Waals surface area contributed by atoms with E-state index in [1.807, 2.05) is 0 Å². The van der Waals surface area contributed by atoms with Crippen molar-refractivity contribution in [3.8, 4) is 0 Å². The van der Waals surface area contributed by atoms with Gasteiger partial charge in [-0.15, -0.1) is 0 Å². The second-order valence-electron chi connectivity index (χ2n) is 7.16. The molecule has 2 heterocycles. The maximum atomic E-state index is 14.2. The molecule has 2 aromatic carbocycles. The van der Waals surface area contributed by atoms with Crippen LogP contribution >= 0.6 is 0 Å². The number of aromatic nitrogens is 1. The second kappa shape index (κ2) is 8.02. The molecule has 8 nitrogen and oxygen atoms in total. The van der Waals surface area contributed by atoms with Crippen molar-refractivity contribution in [1.82, 2.24) is 14.8 Å². The van der Waals surface area contributed by atoms with Crippen molar-refractivity contribution in [2.75, 3.05) is 19.6 Å². The molecule has 1 atom stereocenters. The number of hydrogen-bond donors (Lipinski definition) is 2. The maximum absolute atomic E-state index is 14.2. The van der Waals surface area contributed by atoms with Crippen LogP contribution in [0.1, 0.15) is 20.7 Å². The number of H-pyrrole nitrogens is 1. The van der Waals surface area contributed by atoms with Gasteiger partial charge in [-0.25, -0.2) is 9.18 Å². The van der Waals surface area contributed by atoms with Crippen molar-refractivity contribution in [3.05, 3.63) is 71.7 Å². The molecule has 0 saturated carbocycles. The Hall–Kier alpha value is -4.01. The number of aromatic amines is 1. The van der Waals surface area contributed by atoms with Gasteiger partial charge >= 0.3 is 5.97 Å². The van der Waals surface area contributed by atoms with Crippen LogP contribution in [-0.2, 0) is 9.59 Å². The largest absolute Gasteiger partial charge is 0.480 e. The normalized spacial score (nSPS) is 16.4. The molecule has 31 heavy (non-hydrogen) atoms. The van der Waals surface area contributed by atoms with Crippen LogP contribution in [0.15, 0.2) is 54.7 Å². The Bertz CT molecular complexity index is 1190. The standard InChI is InChI=1S/C22H18FN3O5/c23-15-7-4-8-16-18(15)14(11-24-16)19(27)21(29)26-10-9-25(12-17(26)22(30)31)20(28)13-5-2-1-3-6-13/h1-8,11,17,24H,9-10,12H2,(H,30,31). The molecule has 0 radical (unpaired) electrons. The summed E-state index contributed by atoms with van der Waals surface area (Å²) in [5.74, 6) is -4.42. The van der Waals surface area contributed by atoms with E-state index in [0.717, 1.165) is 4.90 Å². The van der Waals surface area contributed by atoms with Crippen LogP contribution in [-0.4, -0.2) is 69.1 Å². The molecule has 1 aliphatic rings. The first-order chi connectivity index (χ1) is 14.9. The van der Waals surface area contributed by atoms with Crippen LogP contribution in [0.4, 0.5) is 4.39 Å². The molecule has 1 saturated heterocycles. The van der Waals surface area contributed by atoms with E-state index in [4.69, 9.17) is 0 Å². The summed E-state index contributed by atoms with van der Waals surface area (Å²) in [5, 5.41) is 9.62. The molecule has 2 N–H and O–H groups in total. The number of aliphatic carboxylic acids is 1. The smallest absolute Gasteiger partial charge is 0.328 e. The van der Waals surface area contributed by atoms with Gasteiger partial charge in [0, 0.05) is 35.8 Å². The summed E-state index contributed by atoms with van der Waals surface area (Å²) in [6, 6.07) is 11.2. The number of carboxylic acid groups (broad SMARTS) is 1. The lowest BCUT2D eigenvalue weighted by molar-refractivity contribution is -0.151. The van der Waals surface area contributed by atoms with Crippen LogP contribution in [0.25, 0.3) is 10.9 Å². The van der Waals surface area contributed by atoms with Gasteiger partial charge in [-0.05, 0) is 24.3 Å². The first-order valence-corrected chi connectivity index (χ1v) is 9.56. The van der Waals surface area contributed by atoms with Crippen LogP contribution < -0.4 is 0 Å². The van der Waals surface area contributed by atoms with Crippen molar-refractivity contribution < 1.29 is 28.7 Å². The lowest BCUT2D eigenvalue weighted by Gasteiger charge is -2.39. The third-order valence-corrected chi connectivity index (χ3v) is 5.33. The number of carbonyl (C=O) groups is 4. The van der Waals surface area contributed by atoms with Gasteiger partial charge in [0.15, 0.2) is 0 Å². The lowest BCUT2D eigenvalue weighted by Crippen LogP contribution is -2.60. The molecule has 0 spiro atoms. The van der Waals surface area contributed by atoms with Gasteiger partial charge in [-0.2, -0.15) is 0 Å². The third-order valence-electron chi connectivity index (χ3n) is 5.33. The van der Waals surface area contributed by atoms with E-state index in [0.29, 0.717) is 11.1 Å². The fourth-order valence-electron chi connectivity index (χ4n) is 3.75. The minimum absolute atomic E-state index is 0.0226. The molecular formula is C22H18FN3O5. The van der Waals surface area contributed by atoms with E-state index in [1.54, 1.807) is 36.4 Å². The number of hydrogen-bond acceptors (Lipinski definition) is 4. The quantitative estimate of drug-likeness (QED) is 0.492. The molecule has 1 fully saturated rings. The Morgan fingerprint density at radius 3 is 2.45 bits per heavy atom. The number of carboxylic acids is 1. The van der Waals surface area contributed by atoms with E-state index in [1.165, 1.54) is 23.2 Å². The topological polar surface area (TPSA) is 111 Å². The third kappa shape index (κ3) is 3.65. The molecule has 4 rings (SSSR count). The Kier molecular flexibility index (Phi) is 5.24. The van der Waals surface area contributed by atoms with Gasteiger partial charge in [-0.3, -0.25) is 14.4 Å².